The molecule has 2 N–H and O–H groups in total. The molecular formula is C23H33IN4O2S. The highest BCUT2D eigenvalue weighted by atomic mass is 127. The first-order chi connectivity index (χ1) is 14.7. The van der Waals surface area contributed by atoms with Crippen molar-refractivity contribution in [3.8, 4) is 11.5 Å². The zero-order valence-electron chi connectivity index (χ0n) is 18.5. The Hall–Kier alpha value is -1.81. The summed E-state index contributed by atoms with van der Waals surface area (Å²) in [5.41, 5.74) is 3.39. The molecule has 0 saturated carbocycles. The van der Waals surface area contributed by atoms with Crippen LogP contribution in [0.4, 0.5) is 11.4 Å². The van der Waals surface area contributed by atoms with Gasteiger partial charge in [0.1, 0.15) is 0 Å². The molecule has 1 heterocycles. The molecule has 31 heavy (non-hydrogen) atoms. The summed E-state index contributed by atoms with van der Waals surface area (Å²) < 4.78 is 11.0. The topological polar surface area (TPSA) is 58.1 Å². The first-order valence-corrected chi connectivity index (χ1v) is 11.7. The van der Waals surface area contributed by atoms with Gasteiger partial charge >= 0.3 is 0 Å². The minimum Gasteiger partial charge on any atom is -0.493 e. The van der Waals surface area contributed by atoms with Gasteiger partial charge in [-0.3, -0.25) is 0 Å². The lowest BCUT2D eigenvalue weighted by atomic mass is 10.2. The lowest BCUT2D eigenvalue weighted by Crippen LogP contribution is -2.32. The lowest BCUT2D eigenvalue weighted by molar-refractivity contribution is 0.311. The molecule has 2 aromatic rings. The van der Waals surface area contributed by atoms with E-state index in [4.69, 9.17) is 14.5 Å². The van der Waals surface area contributed by atoms with E-state index >= 15 is 0 Å². The third-order valence-corrected chi connectivity index (χ3v) is 5.75. The summed E-state index contributed by atoms with van der Waals surface area (Å²) in [6, 6.07) is 14.5. The van der Waals surface area contributed by atoms with Crippen LogP contribution in [0.5, 0.6) is 11.5 Å². The Morgan fingerprint density at radius 2 is 1.81 bits per heavy atom. The van der Waals surface area contributed by atoms with E-state index in [9.17, 15) is 0 Å². The second-order valence-corrected chi connectivity index (χ2v) is 8.11. The molecule has 1 saturated heterocycles. The van der Waals surface area contributed by atoms with Crippen LogP contribution >= 0.6 is 35.7 Å². The molecule has 0 radical (unpaired) electrons. The number of benzene rings is 2. The summed E-state index contributed by atoms with van der Waals surface area (Å²) in [6.07, 6.45) is 0. The molecule has 0 atom stereocenters. The van der Waals surface area contributed by atoms with Crippen LogP contribution in [0.2, 0.25) is 0 Å². The summed E-state index contributed by atoms with van der Waals surface area (Å²) in [5.74, 6) is 4.59. The molecule has 0 aliphatic carbocycles. The lowest BCUT2D eigenvalue weighted by Gasteiger charge is -2.28. The molecule has 6 nitrogen and oxygen atoms in total. The number of anilines is 2. The summed E-state index contributed by atoms with van der Waals surface area (Å²) in [4.78, 5) is 7.20. The van der Waals surface area contributed by atoms with E-state index in [1.807, 2.05) is 36.9 Å². The fraction of sp³-hybridized carbons (Fsp3) is 0.435. The van der Waals surface area contributed by atoms with Gasteiger partial charge in [-0.05, 0) is 43.7 Å². The van der Waals surface area contributed by atoms with E-state index in [0.717, 1.165) is 37.0 Å². The summed E-state index contributed by atoms with van der Waals surface area (Å²) >= 11 is 2.03. The van der Waals surface area contributed by atoms with Gasteiger partial charge in [0.05, 0.1) is 20.3 Å². The van der Waals surface area contributed by atoms with Crippen molar-refractivity contribution < 1.29 is 9.47 Å². The van der Waals surface area contributed by atoms with Crippen molar-refractivity contribution in [1.82, 2.24) is 5.32 Å². The predicted octanol–water partition coefficient (Wildman–Crippen LogP) is 4.84. The zero-order chi connectivity index (χ0) is 21.2. The fourth-order valence-corrected chi connectivity index (χ4v) is 4.17. The summed E-state index contributed by atoms with van der Waals surface area (Å²) in [5, 5.41) is 6.66. The SMILES string of the molecule is CCNC(=NCc1ccc(N2CCSCC2)cc1)Nc1ccc(OC)c(OCC)c1.I. The Labute approximate surface area is 207 Å². The molecule has 0 bridgehead atoms. The van der Waals surface area contributed by atoms with Crippen molar-refractivity contribution >= 4 is 53.1 Å². The molecule has 1 aliphatic heterocycles. The largest absolute Gasteiger partial charge is 0.493 e. The van der Waals surface area contributed by atoms with Gasteiger partial charge in [0.15, 0.2) is 17.5 Å². The third kappa shape index (κ3) is 7.68. The van der Waals surface area contributed by atoms with Crippen LogP contribution < -0.4 is 25.0 Å². The molecule has 1 aliphatic rings. The van der Waals surface area contributed by atoms with Gasteiger partial charge < -0.3 is 25.0 Å². The van der Waals surface area contributed by atoms with Crippen LogP contribution in [0.25, 0.3) is 0 Å². The molecule has 1 fully saturated rings. The van der Waals surface area contributed by atoms with Crippen molar-refractivity contribution in [3.63, 3.8) is 0 Å². The number of hydrogen-bond acceptors (Lipinski definition) is 5. The fourth-order valence-electron chi connectivity index (χ4n) is 3.27. The van der Waals surface area contributed by atoms with Crippen LogP contribution in [0.3, 0.4) is 0 Å². The Balaban J connectivity index is 0.00000341. The van der Waals surface area contributed by atoms with E-state index in [-0.39, 0.29) is 24.0 Å². The van der Waals surface area contributed by atoms with E-state index in [0.29, 0.717) is 18.9 Å². The van der Waals surface area contributed by atoms with E-state index in [1.165, 1.54) is 22.8 Å². The number of hydrogen-bond donors (Lipinski definition) is 2. The third-order valence-electron chi connectivity index (χ3n) is 4.80. The second-order valence-electron chi connectivity index (χ2n) is 6.88. The molecule has 3 rings (SSSR count). The number of aliphatic imine (C=N–C) groups is 1. The molecule has 8 heteroatoms. The number of rotatable bonds is 8. The van der Waals surface area contributed by atoms with Gasteiger partial charge in [-0.15, -0.1) is 24.0 Å². The standard InChI is InChI=1S/C23H32N4O2S.HI/c1-4-24-23(26-19-8-11-21(28-3)22(16-19)29-5-2)25-17-18-6-9-20(10-7-18)27-12-14-30-15-13-27;/h6-11,16H,4-5,12-15,17H2,1-3H3,(H2,24,25,26);1H. The van der Waals surface area contributed by atoms with Gasteiger partial charge in [-0.2, -0.15) is 11.8 Å². The summed E-state index contributed by atoms with van der Waals surface area (Å²) in [6.45, 7) is 8.25. The molecule has 0 unspecified atom stereocenters. The monoisotopic (exact) mass is 556 g/mol. The van der Waals surface area contributed by atoms with Gasteiger partial charge in [0.25, 0.3) is 0 Å². The molecule has 0 amide bonds. The number of guanidine groups is 1. The van der Waals surface area contributed by atoms with Gasteiger partial charge in [0, 0.05) is 48.6 Å². The highest BCUT2D eigenvalue weighted by Crippen LogP contribution is 2.30. The van der Waals surface area contributed by atoms with Crippen molar-refractivity contribution in [3.05, 3.63) is 48.0 Å². The number of thioether (sulfide) groups is 1. The highest BCUT2D eigenvalue weighted by Gasteiger charge is 2.11. The van der Waals surface area contributed by atoms with E-state index in [1.54, 1.807) is 7.11 Å². The van der Waals surface area contributed by atoms with Crippen molar-refractivity contribution in [1.29, 1.82) is 0 Å². The maximum absolute atomic E-state index is 5.67. The van der Waals surface area contributed by atoms with Gasteiger partial charge in [-0.25, -0.2) is 4.99 Å². The number of methoxy groups -OCH3 is 1. The van der Waals surface area contributed by atoms with Crippen molar-refractivity contribution in [2.24, 2.45) is 4.99 Å². The highest BCUT2D eigenvalue weighted by molar-refractivity contribution is 14.0. The number of nitrogens with one attached hydrogen (secondary N) is 2. The number of ether oxygens (including phenoxy) is 2. The minimum absolute atomic E-state index is 0. The van der Waals surface area contributed by atoms with Gasteiger partial charge in [-0.1, -0.05) is 12.1 Å². The van der Waals surface area contributed by atoms with E-state index < -0.39 is 0 Å². The Kier molecular flexibility index (Phi) is 11.1. The molecule has 2 aromatic carbocycles. The quantitative estimate of drug-likeness (QED) is 0.276. The van der Waals surface area contributed by atoms with Crippen LogP contribution in [0, 0.1) is 0 Å². The first-order valence-electron chi connectivity index (χ1n) is 10.5. The maximum atomic E-state index is 5.67. The zero-order valence-corrected chi connectivity index (χ0v) is 21.7. The van der Waals surface area contributed by atoms with Crippen LogP contribution in [0.1, 0.15) is 19.4 Å². The number of halogens is 1. The minimum atomic E-state index is 0. The van der Waals surface area contributed by atoms with Crippen LogP contribution in [-0.2, 0) is 6.54 Å². The maximum Gasteiger partial charge on any atom is 0.196 e. The molecule has 0 aromatic heterocycles. The van der Waals surface area contributed by atoms with Crippen molar-refractivity contribution in [2.45, 2.75) is 20.4 Å². The van der Waals surface area contributed by atoms with E-state index in [2.05, 4.69) is 46.7 Å². The van der Waals surface area contributed by atoms with Gasteiger partial charge in [0.2, 0.25) is 0 Å². The summed E-state index contributed by atoms with van der Waals surface area (Å²) in [7, 11) is 1.64. The Morgan fingerprint density at radius 3 is 2.45 bits per heavy atom. The van der Waals surface area contributed by atoms with Crippen LogP contribution in [-0.4, -0.2) is 50.8 Å². The molecule has 170 valence electrons. The molecule has 0 spiro atoms. The average molecular weight is 557 g/mol. The second kappa shape index (κ2) is 13.6. The normalized spacial score (nSPS) is 13.9. The van der Waals surface area contributed by atoms with Crippen molar-refractivity contribution in [2.75, 3.05) is 55.1 Å². The Bertz CT molecular complexity index is 827. The average Bonchev–Trinajstić information content (AvgIpc) is 2.79. The number of nitrogens with zero attached hydrogens (tertiary/aromatic N) is 2. The smallest absolute Gasteiger partial charge is 0.196 e. The Morgan fingerprint density at radius 1 is 1.06 bits per heavy atom. The van der Waals surface area contributed by atoms with Crippen LogP contribution in [0.15, 0.2) is 47.5 Å². The first kappa shape index (κ1) is 25.5. The predicted molar refractivity (Wildman–Crippen MR) is 144 cm³/mol. The molecular weight excluding hydrogens is 523 g/mol.